The molecule has 3 aromatic heterocycles. The van der Waals surface area contributed by atoms with Gasteiger partial charge >= 0.3 is 5.69 Å². The summed E-state index contributed by atoms with van der Waals surface area (Å²) in [6, 6.07) is 13.4. The van der Waals surface area contributed by atoms with Gasteiger partial charge < -0.3 is 0 Å². The summed E-state index contributed by atoms with van der Waals surface area (Å²) in [5.41, 5.74) is 5.41. The smallest absolute Gasteiger partial charge is 0.298 e. The van der Waals surface area contributed by atoms with Crippen molar-refractivity contribution in [1.29, 1.82) is 0 Å². The molecule has 3 heterocycles. The molecule has 0 atom stereocenters. The molecule has 4 aromatic rings. The Morgan fingerprint density at radius 2 is 1.73 bits per heavy atom. The standard InChI is InChI=1S/C21H21N7O2/c1-14(16-9-11-22-12-10-16)24-25-20-23-18-17(19(29)27(3)21(30)26(18)2)28(20)13-15-7-5-4-6-8-15/h4-12H,13H2,1-3H3,(H,23,25). The molecule has 0 bridgehead atoms. The van der Waals surface area contributed by atoms with E-state index in [1.165, 1.54) is 11.6 Å². The van der Waals surface area contributed by atoms with Crippen LogP contribution in [0.2, 0.25) is 0 Å². The van der Waals surface area contributed by atoms with Crippen molar-refractivity contribution < 1.29 is 0 Å². The maximum Gasteiger partial charge on any atom is 0.332 e. The van der Waals surface area contributed by atoms with Crippen LogP contribution in [-0.4, -0.2) is 29.4 Å². The van der Waals surface area contributed by atoms with E-state index in [0.717, 1.165) is 21.4 Å². The van der Waals surface area contributed by atoms with Crippen molar-refractivity contribution in [2.45, 2.75) is 13.5 Å². The minimum atomic E-state index is -0.431. The molecule has 4 rings (SSSR count). The summed E-state index contributed by atoms with van der Waals surface area (Å²) in [7, 11) is 3.06. The summed E-state index contributed by atoms with van der Waals surface area (Å²) in [5.74, 6) is 0.376. The van der Waals surface area contributed by atoms with E-state index in [-0.39, 0.29) is 0 Å². The van der Waals surface area contributed by atoms with Gasteiger partial charge in [-0.1, -0.05) is 30.3 Å². The van der Waals surface area contributed by atoms with E-state index in [2.05, 4.69) is 20.5 Å². The predicted molar refractivity (Wildman–Crippen MR) is 116 cm³/mol. The van der Waals surface area contributed by atoms with Crippen molar-refractivity contribution in [1.82, 2.24) is 23.7 Å². The van der Waals surface area contributed by atoms with Gasteiger partial charge in [-0.15, -0.1) is 0 Å². The number of hydrazone groups is 1. The van der Waals surface area contributed by atoms with Gasteiger partial charge in [-0.25, -0.2) is 10.2 Å². The number of aryl methyl sites for hydroxylation is 1. The number of nitrogens with one attached hydrogen (secondary N) is 1. The molecule has 152 valence electrons. The molecule has 0 saturated heterocycles. The Kier molecular flexibility index (Phi) is 5.01. The number of imidazole rings is 1. The number of anilines is 1. The molecule has 9 heteroatoms. The fraction of sp³-hybridized carbons (Fsp3) is 0.190. The van der Waals surface area contributed by atoms with E-state index < -0.39 is 11.2 Å². The maximum atomic E-state index is 12.9. The van der Waals surface area contributed by atoms with Crippen molar-refractivity contribution in [2.24, 2.45) is 19.2 Å². The number of nitrogens with zero attached hydrogens (tertiary/aromatic N) is 6. The molecule has 0 saturated carbocycles. The fourth-order valence-electron chi connectivity index (χ4n) is 3.24. The molecular formula is C21H21N7O2. The first-order chi connectivity index (χ1) is 14.5. The molecule has 30 heavy (non-hydrogen) atoms. The SMILES string of the molecule is CC(=NNc1nc2c(c(=O)n(C)c(=O)n2C)n1Cc1ccccc1)c1ccncc1. The summed E-state index contributed by atoms with van der Waals surface area (Å²) in [6.45, 7) is 2.26. The highest BCUT2D eigenvalue weighted by Crippen LogP contribution is 2.18. The largest absolute Gasteiger partial charge is 0.332 e. The third-order valence-electron chi connectivity index (χ3n) is 4.95. The third-order valence-corrected chi connectivity index (χ3v) is 4.95. The van der Waals surface area contributed by atoms with Crippen molar-refractivity contribution in [3.63, 3.8) is 0 Å². The lowest BCUT2D eigenvalue weighted by atomic mass is 10.2. The van der Waals surface area contributed by atoms with E-state index in [4.69, 9.17) is 0 Å². The van der Waals surface area contributed by atoms with Crippen LogP contribution >= 0.6 is 0 Å². The molecule has 0 aliphatic rings. The summed E-state index contributed by atoms with van der Waals surface area (Å²) >= 11 is 0. The lowest BCUT2D eigenvalue weighted by molar-refractivity contribution is 0.702. The highest BCUT2D eigenvalue weighted by atomic mass is 16.2. The van der Waals surface area contributed by atoms with Gasteiger partial charge in [0.15, 0.2) is 11.2 Å². The van der Waals surface area contributed by atoms with Gasteiger partial charge in [-0.05, 0) is 24.6 Å². The molecule has 0 fully saturated rings. The number of hydrogen-bond donors (Lipinski definition) is 1. The average Bonchev–Trinajstić information content (AvgIpc) is 3.14. The fourth-order valence-corrected chi connectivity index (χ4v) is 3.24. The highest BCUT2D eigenvalue weighted by Gasteiger charge is 2.19. The molecule has 0 aliphatic heterocycles. The molecule has 1 aromatic carbocycles. The Balaban J connectivity index is 1.87. The summed E-state index contributed by atoms with van der Waals surface area (Å²) in [5, 5.41) is 4.43. The predicted octanol–water partition coefficient (Wildman–Crippen LogP) is 1.71. The molecule has 0 spiro atoms. The monoisotopic (exact) mass is 403 g/mol. The number of benzene rings is 1. The number of rotatable bonds is 5. The molecule has 0 radical (unpaired) electrons. The third kappa shape index (κ3) is 3.41. The number of hydrogen-bond acceptors (Lipinski definition) is 6. The highest BCUT2D eigenvalue weighted by molar-refractivity contribution is 5.98. The van der Waals surface area contributed by atoms with E-state index in [1.54, 1.807) is 24.0 Å². The quantitative estimate of drug-likeness (QED) is 0.404. The topological polar surface area (TPSA) is 99.1 Å². The Morgan fingerprint density at radius 3 is 2.43 bits per heavy atom. The van der Waals surface area contributed by atoms with Gasteiger partial charge in [-0.3, -0.25) is 23.5 Å². The summed E-state index contributed by atoms with van der Waals surface area (Å²) in [6.07, 6.45) is 3.39. The summed E-state index contributed by atoms with van der Waals surface area (Å²) < 4.78 is 4.19. The van der Waals surface area contributed by atoms with E-state index in [0.29, 0.717) is 23.7 Å². The van der Waals surface area contributed by atoms with Crippen LogP contribution in [0.4, 0.5) is 5.95 Å². The molecule has 1 N–H and O–H groups in total. The zero-order valence-corrected chi connectivity index (χ0v) is 16.9. The Hall–Kier alpha value is -4.01. The Bertz CT molecular complexity index is 1350. The van der Waals surface area contributed by atoms with Crippen LogP contribution < -0.4 is 16.7 Å². The number of pyridine rings is 1. The average molecular weight is 403 g/mol. The Morgan fingerprint density at radius 1 is 1.03 bits per heavy atom. The molecule has 0 amide bonds. The van der Waals surface area contributed by atoms with E-state index in [9.17, 15) is 9.59 Å². The van der Waals surface area contributed by atoms with Crippen LogP contribution in [-0.2, 0) is 20.6 Å². The molecule has 0 unspecified atom stereocenters. The van der Waals surface area contributed by atoms with Gasteiger partial charge in [0.1, 0.15) is 0 Å². The molecule has 0 aliphatic carbocycles. The zero-order valence-electron chi connectivity index (χ0n) is 16.9. The minimum Gasteiger partial charge on any atom is -0.298 e. The van der Waals surface area contributed by atoms with Crippen LogP contribution in [0.5, 0.6) is 0 Å². The van der Waals surface area contributed by atoms with Gasteiger partial charge in [0, 0.05) is 32.1 Å². The van der Waals surface area contributed by atoms with Gasteiger partial charge in [-0.2, -0.15) is 10.1 Å². The molecular weight excluding hydrogens is 382 g/mol. The van der Waals surface area contributed by atoms with Crippen LogP contribution in [0.1, 0.15) is 18.1 Å². The number of fused-ring (bicyclic) bond motifs is 1. The van der Waals surface area contributed by atoms with Gasteiger partial charge in [0.05, 0.1) is 12.3 Å². The minimum absolute atomic E-state index is 0.304. The molecule has 9 nitrogen and oxygen atoms in total. The lowest BCUT2D eigenvalue weighted by Gasteiger charge is -2.10. The van der Waals surface area contributed by atoms with Crippen LogP contribution in [0, 0.1) is 0 Å². The van der Waals surface area contributed by atoms with Gasteiger partial charge in [0.25, 0.3) is 5.56 Å². The van der Waals surface area contributed by atoms with Gasteiger partial charge in [0.2, 0.25) is 5.95 Å². The summed E-state index contributed by atoms with van der Waals surface area (Å²) in [4.78, 5) is 33.8. The second kappa shape index (κ2) is 7.78. The zero-order chi connectivity index (χ0) is 21.3. The second-order valence-electron chi connectivity index (χ2n) is 6.93. The van der Waals surface area contributed by atoms with Crippen LogP contribution in [0.3, 0.4) is 0 Å². The first-order valence-corrected chi connectivity index (χ1v) is 9.38. The van der Waals surface area contributed by atoms with E-state index >= 15 is 0 Å². The van der Waals surface area contributed by atoms with Crippen molar-refractivity contribution in [3.05, 3.63) is 86.8 Å². The van der Waals surface area contributed by atoms with Crippen molar-refractivity contribution in [3.8, 4) is 0 Å². The Labute approximate surface area is 172 Å². The maximum absolute atomic E-state index is 12.9. The second-order valence-corrected chi connectivity index (χ2v) is 6.93. The van der Waals surface area contributed by atoms with Crippen molar-refractivity contribution in [2.75, 3.05) is 5.43 Å². The normalized spacial score (nSPS) is 11.8. The van der Waals surface area contributed by atoms with Crippen molar-refractivity contribution >= 4 is 22.8 Å². The van der Waals surface area contributed by atoms with E-state index in [1.807, 2.05) is 49.4 Å². The first-order valence-electron chi connectivity index (χ1n) is 9.38. The van der Waals surface area contributed by atoms with Crippen LogP contribution in [0.15, 0.2) is 69.5 Å². The van der Waals surface area contributed by atoms with Crippen LogP contribution in [0.25, 0.3) is 11.2 Å². The first kappa shape index (κ1) is 19.3. The lowest BCUT2D eigenvalue weighted by Crippen LogP contribution is -2.37. The number of aromatic nitrogens is 5.